The lowest BCUT2D eigenvalue weighted by Gasteiger charge is -2.04. The number of methoxy groups -OCH3 is 1. The van der Waals surface area contributed by atoms with Crippen LogP contribution in [0.1, 0.15) is 0 Å². The van der Waals surface area contributed by atoms with Crippen molar-refractivity contribution in [3.63, 3.8) is 0 Å². The average molecular weight is 278 g/mol. The summed E-state index contributed by atoms with van der Waals surface area (Å²) in [5.74, 6) is 1.52. The van der Waals surface area contributed by atoms with E-state index in [0.717, 1.165) is 21.9 Å². The molecule has 1 heterocycles. The van der Waals surface area contributed by atoms with Crippen molar-refractivity contribution in [3.05, 3.63) is 10.7 Å². The SMILES string of the molecule is CNc1ncc(Br)c(SCCOC)n1. The summed E-state index contributed by atoms with van der Waals surface area (Å²) in [5, 5.41) is 3.83. The highest BCUT2D eigenvalue weighted by Crippen LogP contribution is 2.25. The van der Waals surface area contributed by atoms with Crippen LogP contribution in [-0.4, -0.2) is 36.5 Å². The van der Waals surface area contributed by atoms with Gasteiger partial charge in [0.15, 0.2) is 0 Å². The van der Waals surface area contributed by atoms with Crippen molar-refractivity contribution >= 4 is 33.6 Å². The molecule has 0 aliphatic carbocycles. The number of nitrogens with zero attached hydrogens (tertiary/aromatic N) is 2. The Labute approximate surface area is 96.0 Å². The smallest absolute Gasteiger partial charge is 0.223 e. The summed E-state index contributed by atoms with van der Waals surface area (Å²) < 4.78 is 5.88. The summed E-state index contributed by atoms with van der Waals surface area (Å²) in [6.07, 6.45) is 1.74. The van der Waals surface area contributed by atoms with Gasteiger partial charge in [-0.1, -0.05) is 0 Å². The molecule has 1 aromatic rings. The van der Waals surface area contributed by atoms with Gasteiger partial charge in [-0.3, -0.25) is 0 Å². The van der Waals surface area contributed by atoms with Crippen LogP contribution in [0.4, 0.5) is 5.95 Å². The lowest BCUT2D eigenvalue weighted by atomic mass is 10.7. The van der Waals surface area contributed by atoms with Crippen LogP contribution in [0, 0.1) is 0 Å². The van der Waals surface area contributed by atoms with Crippen molar-refractivity contribution in [2.75, 3.05) is 31.8 Å². The lowest BCUT2D eigenvalue weighted by molar-refractivity contribution is 0.218. The van der Waals surface area contributed by atoms with Crippen molar-refractivity contribution in [1.82, 2.24) is 9.97 Å². The molecular weight excluding hydrogens is 266 g/mol. The molecule has 4 nitrogen and oxygen atoms in total. The summed E-state index contributed by atoms with van der Waals surface area (Å²) in [6, 6.07) is 0. The molecule has 0 aromatic carbocycles. The molecule has 0 aliphatic heterocycles. The van der Waals surface area contributed by atoms with E-state index in [4.69, 9.17) is 4.74 Å². The van der Waals surface area contributed by atoms with Gasteiger partial charge < -0.3 is 10.1 Å². The normalized spacial score (nSPS) is 10.2. The first-order valence-corrected chi connectivity index (χ1v) is 5.87. The van der Waals surface area contributed by atoms with Gasteiger partial charge in [-0.05, 0) is 15.9 Å². The molecule has 0 fully saturated rings. The Bertz CT molecular complexity index is 298. The fraction of sp³-hybridized carbons (Fsp3) is 0.500. The van der Waals surface area contributed by atoms with E-state index >= 15 is 0 Å². The number of rotatable bonds is 5. The molecule has 6 heteroatoms. The number of hydrogen-bond acceptors (Lipinski definition) is 5. The van der Waals surface area contributed by atoms with Gasteiger partial charge in [-0.15, -0.1) is 11.8 Å². The number of anilines is 1. The Balaban J connectivity index is 2.64. The maximum Gasteiger partial charge on any atom is 0.223 e. The van der Waals surface area contributed by atoms with Crippen LogP contribution in [-0.2, 0) is 4.74 Å². The van der Waals surface area contributed by atoms with Gasteiger partial charge in [0, 0.05) is 26.1 Å². The molecule has 14 heavy (non-hydrogen) atoms. The van der Waals surface area contributed by atoms with Crippen molar-refractivity contribution < 1.29 is 4.74 Å². The largest absolute Gasteiger partial charge is 0.384 e. The third-order valence-corrected chi connectivity index (χ3v) is 3.26. The molecule has 1 aromatic heterocycles. The fourth-order valence-electron chi connectivity index (χ4n) is 0.795. The van der Waals surface area contributed by atoms with E-state index in [0.29, 0.717) is 5.95 Å². The second-order valence-electron chi connectivity index (χ2n) is 2.44. The van der Waals surface area contributed by atoms with Crippen molar-refractivity contribution in [2.45, 2.75) is 5.03 Å². The van der Waals surface area contributed by atoms with Crippen molar-refractivity contribution in [1.29, 1.82) is 0 Å². The molecule has 78 valence electrons. The van der Waals surface area contributed by atoms with Crippen LogP contribution >= 0.6 is 27.7 Å². The van der Waals surface area contributed by atoms with Crippen LogP contribution in [0.5, 0.6) is 0 Å². The Morgan fingerprint density at radius 2 is 2.43 bits per heavy atom. The van der Waals surface area contributed by atoms with Crippen LogP contribution < -0.4 is 5.32 Å². The summed E-state index contributed by atoms with van der Waals surface area (Å²) in [4.78, 5) is 8.37. The van der Waals surface area contributed by atoms with Gasteiger partial charge in [0.1, 0.15) is 5.03 Å². The number of halogens is 1. The first-order valence-electron chi connectivity index (χ1n) is 4.10. The molecule has 0 aliphatic rings. The predicted molar refractivity (Wildman–Crippen MR) is 61.9 cm³/mol. The van der Waals surface area contributed by atoms with E-state index in [9.17, 15) is 0 Å². The molecule has 0 amide bonds. The summed E-state index contributed by atoms with van der Waals surface area (Å²) in [7, 11) is 3.49. The third-order valence-electron chi connectivity index (χ3n) is 1.46. The second kappa shape index (κ2) is 6.21. The van der Waals surface area contributed by atoms with Gasteiger partial charge in [0.25, 0.3) is 0 Å². The minimum atomic E-state index is 0.633. The first-order chi connectivity index (χ1) is 6.77. The highest BCUT2D eigenvalue weighted by atomic mass is 79.9. The minimum Gasteiger partial charge on any atom is -0.384 e. The summed E-state index contributed by atoms with van der Waals surface area (Å²) in [6.45, 7) is 0.718. The first kappa shape index (κ1) is 11.7. The highest BCUT2D eigenvalue weighted by molar-refractivity contribution is 9.10. The van der Waals surface area contributed by atoms with Crippen molar-refractivity contribution in [2.24, 2.45) is 0 Å². The number of aromatic nitrogens is 2. The van der Waals surface area contributed by atoms with E-state index in [2.05, 4.69) is 31.2 Å². The van der Waals surface area contributed by atoms with E-state index in [1.165, 1.54) is 0 Å². The minimum absolute atomic E-state index is 0.633. The molecule has 0 bridgehead atoms. The zero-order chi connectivity index (χ0) is 10.4. The fourth-order valence-corrected chi connectivity index (χ4v) is 2.11. The molecule has 0 unspecified atom stereocenters. The Hall–Kier alpha value is -0.330. The van der Waals surface area contributed by atoms with Crippen LogP contribution in [0.3, 0.4) is 0 Å². The van der Waals surface area contributed by atoms with E-state index in [-0.39, 0.29) is 0 Å². The van der Waals surface area contributed by atoms with Crippen LogP contribution in [0.25, 0.3) is 0 Å². The van der Waals surface area contributed by atoms with Crippen LogP contribution in [0.2, 0.25) is 0 Å². The number of hydrogen-bond donors (Lipinski definition) is 1. The van der Waals surface area contributed by atoms with Gasteiger partial charge in [-0.2, -0.15) is 0 Å². The highest BCUT2D eigenvalue weighted by Gasteiger charge is 2.04. The monoisotopic (exact) mass is 277 g/mol. The lowest BCUT2D eigenvalue weighted by Crippen LogP contribution is -1.98. The van der Waals surface area contributed by atoms with E-state index in [1.807, 2.05) is 0 Å². The number of ether oxygens (including phenoxy) is 1. The number of nitrogens with one attached hydrogen (secondary N) is 1. The zero-order valence-corrected chi connectivity index (χ0v) is 10.5. The molecule has 1 N–H and O–H groups in total. The Morgan fingerprint density at radius 3 is 3.07 bits per heavy atom. The third kappa shape index (κ3) is 3.43. The van der Waals surface area contributed by atoms with Gasteiger partial charge in [0.2, 0.25) is 5.95 Å². The molecule has 0 spiro atoms. The van der Waals surface area contributed by atoms with Gasteiger partial charge >= 0.3 is 0 Å². The molecule has 0 radical (unpaired) electrons. The van der Waals surface area contributed by atoms with E-state index in [1.54, 1.807) is 32.1 Å². The Morgan fingerprint density at radius 1 is 1.64 bits per heavy atom. The Kier molecular flexibility index (Phi) is 5.21. The van der Waals surface area contributed by atoms with Crippen molar-refractivity contribution in [3.8, 4) is 0 Å². The molecule has 1 rings (SSSR count). The van der Waals surface area contributed by atoms with E-state index < -0.39 is 0 Å². The topological polar surface area (TPSA) is 47.0 Å². The summed E-state index contributed by atoms with van der Waals surface area (Å²) in [5.41, 5.74) is 0. The molecule has 0 atom stereocenters. The number of thioether (sulfide) groups is 1. The van der Waals surface area contributed by atoms with Gasteiger partial charge in [-0.25, -0.2) is 9.97 Å². The maximum atomic E-state index is 4.96. The molecule has 0 saturated carbocycles. The molecular formula is C8H12BrN3OS. The quantitative estimate of drug-likeness (QED) is 0.507. The average Bonchev–Trinajstić information content (AvgIpc) is 2.21. The maximum absolute atomic E-state index is 4.96. The predicted octanol–water partition coefficient (Wildman–Crippen LogP) is 2.02. The standard InChI is InChI=1S/C8H12BrN3OS/c1-10-8-11-5-6(9)7(12-8)14-4-3-13-2/h5H,3-4H2,1-2H3,(H,10,11,12). The zero-order valence-electron chi connectivity index (χ0n) is 8.08. The second-order valence-corrected chi connectivity index (χ2v) is 4.38. The van der Waals surface area contributed by atoms with Gasteiger partial charge in [0.05, 0.1) is 11.1 Å². The molecule has 0 saturated heterocycles. The summed E-state index contributed by atoms with van der Waals surface area (Å²) >= 11 is 5.04. The van der Waals surface area contributed by atoms with Crippen LogP contribution in [0.15, 0.2) is 15.7 Å².